The third-order valence-corrected chi connectivity index (χ3v) is 3.21. The van der Waals surface area contributed by atoms with Crippen molar-refractivity contribution in [3.63, 3.8) is 0 Å². The Morgan fingerprint density at radius 1 is 1.50 bits per heavy atom. The highest BCUT2D eigenvalue weighted by atomic mass is 35.7. The number of nitriles is 1. The Bertz CT molecular complexity index is 568. The first-order valence-corrected chi connectivity index (χ1v) is 6.29. The monoisotopic (exact) mass is 286 g/mol. The smallest absolute Gasteiger partial charge is 0.233 e. The molecule has 0 fully saturated rings. The normalized spacial score (nSPS) is 11.5. The van der Waals surface area contributed by atoms with Crippen LogP contribution in [0.1, 0.15) is 17.7 Å². The van der Waals surface area contributed by atoms with Crippen molar-refractivity contribution in [3.05, 3.63) is 22.3 Å². The van der Waals surface area contributed by atoms with Gasteiger partial charge in [0.15, 0.2) is 5.03 Å². The quantitative estimate of drug-likeness (QED) is 0.783. The van der Waals surface area contributed by atoms with Crippen LogP contribution >= 0.6 is 22.3 Å². The molecule has 0 spiro atoms. The van der Waals surface area contributed by atoms with Crippen molar-refractivity contribution in [2.45, 2.75) is 11.5 Å². The maximum Gasteiger partial charge on any atom is 0.280 e. The Balaban J connectivity index is 3.63. The summed E-state index contributed by atoms with van der Waals surface area (Å²) in [6, 6.07) is 2.18. The Morgan fingerprint density at radius 3 is 2.44 bits per heavy atom. The van der Waals surface area contributed by atoms with Gasteiger partial charge < -0.3 is 0 Å². The summed E-state index contributed by atoms with van der Waals surface area (Å²) < 4.78 is 46.6. The molecule has 0 bridgehead atoms. The van der Waals surface area contributed by atoms with Crippen molar-refractivity contribution in [1.82, 2.24) is 4.98 Å². The fourth-order valence-electron chi connectivity index (χ4n) is 0.880. The summed E-state index contributed by atoms with van der Waals surface area (Å²) in [6.45, 7) is 0. The van der Waals surface area contributed by atoms with Gasteiger partial charge in [-0.15, -0.1) is 0 Å². The van der Waals surface area contributed by atoms with E-state index in [1.807, 2.05) is 0 Å². The highest BCUT2D eigenvalue weighted by Crippen LogP contribution is 2.29. The molecule has 1 heterocycles. The molecule has 86 valence electrons. The molecular weight excluding hydrogens is 285 g/mol. The predicted molar refractivity (Wildman–Crippen MR) is 52.0 cm³/mol. The van der Waals surface area contributed by atoms with Crippen molar-refractivity contribution in [3.8, 4) is 6.07 Å². The van der Waals surface area contributed by atoms with Crippen LogP contribution in [0.5, 0.6) is 0 Å². The molecule has 9 heteroatoms. The van der Waals surface area contributed by atoms with Crippen LogP contribution in [-0.2, 0) is 9.05 Å². The summed E-state index contributed by atoms with van der Waals surface area (Å²) in [7, 11) is 0.563. The van der Waals surface area contributed by atoms with Crippen LogP contribution in [0.2, 0.25) is 5.02 Å². The number of hydrogen-bond donors (Lipinski definition) is 0. The number of pyridine rings is 1. The number of nitrogens with zero attached hydrogens (tertiary/aromatic N) is 2. The lowest BCUT2D eigenvalue weighted by molar-refractivity contribution is 0.145. The second-order valence-electron chi connectivity index (χ2n) is 2.56. The Labute approximate surface area is 98.8 Å². The van der Waals surface area contributed by atoms with Crippen molar-refractivity contribution in [1.29, 1.82) is 5.26 Å². The van der Waals surface area contributed by atoms with E-state index >= 15 is 0 Å². The van der Waals surface area contributed by atoms with E-state index in [-0.39, 0.29) is 0 Å². The third-order valence-electron chi connectivity index (χ3n) is 1.52. The van der Waals surface area contributed by atoms with E-state index in [4.69, 9.17) is 27.5 Å². The maximum atomic E-state index is 12.3. The number of aromatic nitrogens is 1. The molecule has 0 aliphatic rings. The highest BCUT2D eigenvalue weighted by molar-refractivity contribution is 8.13. The third kappa shape index (κ3) is 2.58. The van der Waals surface area contributed by atoms with Gasteiger partial charge in [0.05, 0.1) is 10.6 Å². The molecule has 0 radical (unpaired) electrons. The summed E-state index contributed by atoms with van der Waals surface area (Å²) in [5.74, 6) is 0. The fourth-order valence-corrected chi connectivity index (χ4v) is 2.32. The number of hydrogen-bond acceptors (Lipinski definition) is 4. The van der Waals surface area contributed by atoms with E-state index in [2.05, 4.69) is 4.98 Å². The molecule has 1 aromatic heterocycles. The van der Waals surface area contributed by atoms with Gasteiger partial charge in [0.2, 0.25) is 0 Å². The molecule has 0 aliphatic carbocycles. The van der Waals surface area contributed by atoms with E-state index in [0.717, 1.165) is 0 Å². The van der Waals surface area contributed by atoms with E-state index in [0.29, 0.717) is 6.07 Å². The van der Waals surface area contributed by atoms with Gasteiger partial charge in [0.1, 0.15) is 11.8 Å². The molecule has 4 nitrogen and oxygen atoms in total. The van der Waals surface area contributed by atoms with Crippen molar-refractivity contribution >= 4 is 31.3 Å². The van der Waals surface area contributed by atoms with Crippen LogP contribution in [0.15, 0.2) is 11.1 Å². The summed E-state index contributed by atoms with van der Waals surface area (Å²) in [5.41, 5.74) is -1.30. The zero-order chi connectivity index (χ0) is 12.5. The summed E-state index contributed by atoms with van der Waals surface area (Å²) in [4.78, 5) is 3.10. The van der Waals surface area contributed by atoms with Gasteiger partial charge in [-0.25, -0.2) is 22.2 Å². The predicted octanol–water partition coefficient (Wildman–Crippen LogP) is 2.47. The van der Waals surface area contributed by atoms with Crippen molar-refractivity contribution < 1.29 is 17.2 Å². The minimum atomic E-state index is -4.38. The summed E-state index contributed by atoms with van der Waals surface area (Å²) in [5, 5.41) is 7.06. The Kier molecular flexibility index (Phi) is 3.68. The first-order chi connectivity index (χ1) is 7.27. The minimum Gasteiger partial charge on any atom is -0.233 e. The topological polar surface area (TPSA) is 70.8 Å². The molecule has 0 aliphatic heterocycles. The minimum absolute atomic E-state index is 0.425. The van der Waals surface area contributed by atoms with Gasteiger partial charge in [-0.05, 0) is 6.07 Å². The van der Waals surface area contributed by atoms with Crippen molar-refractivity contribution in [2.75, 3.05) is 0 Å². The average molecular weight is 287 g/mol. The number of halogens is 4. The van der Waals surface area contributed by atoms with E-state index < -0.39 is 36.8 Å². The Hall–Kier alpha value is -0.970. The number of rotatable bonds is 2. The zero-order valence-electron chi connectivity index (χ0n) is 7.29. The second kappa shape index (κ2) is 4.49. The van der Waals surface area contributed by atoms with Gasteiger partial charge in [-0.1, -0.05) is 11.6 Å². The summed E-state index contributed by atoms with van der Waals surface area (Å²) >= 11 is 5.48. The van der Waals surface area contributed by atoms with Gasteiger partial charge in [-0.2, -0.15) is 5.26 Å². The molecule has 0 N–H and O–H groups in total. The van der Waals surface area contributed by atoms with Crippen LogP contribution in [0.3, 0.4) is 0 Å². The molecule has 0 amide bonds. The van der Waals surface area contributed by atoms with E-state index in [1.54, 1.807) is 0 Å². The van der Waals surface area contributed by atoms with Gasteiger partial charge >= 0.3 is 0 Å². The molecule has 0 aromatic carbocycles. The van der Waals surface area contributed by atoms with E-state index in [1.165, 1.54) is 6.07 Å². The average Bonchev–Trinajstić information content (AvgIpc) is 2.15. The van der Waals surface area contributed by atoms with Crippen LogP contribution in [0.25, 0.3) is 0 Å². The SMILES string of the molecule is N#Cc1cc(C(F)F)nc(S(=O)(=O)Cl)c1Cl. The van der Waals surface area contributed by atoms with Crippen LogP contribution in [-0.4, -0.2) is 13.4 Å². The molecule has 1 aromatic rings. The maximum absolute atomic E-state index is 12.3. The van der Waals surface area contributed by atoms with Gasteiger partial charge in [0, 0.05) is 10.7 Å². The molecule has 1 rings (SSSR count). The lowest BCUT2D eigenvalue weighted by Gasteiger charge is -2.05. The summed E-state index contributed by atoms with van der Waals surface area (Å²) in [6.07, 6.45) is -3.03. The Morgan fingerprint density at radius 2 is 2.06 bits per heavy atom. The highest BCUT2D eigenvalue weighted by Gasteiger charge is 2.23. The number of alkyl halides is 2. The van der Waals surface area contributed by atoms with Crippen molar-refractivity contribution in [2.24, 2.45) is 0 Å². The van der Waals surface area contributed by atoms with Gasteiger partial charge in [-0.3, -0.25) is 0 Å². The molecule has 0 unspecified atom stereocenters. The standard InChI is InChI=1S/C7H2Cl2F2N2O2S/c8-5-3(2-12)1-4(6(10)11)13-7(5)16(9,14)15/h1,6H. The second-order valence-corrected chi connectivity index (χ2v) is 5.42. The van der Waals surface area contributed by atoms with Crippen LogP contribution < -0.4 is 0 Å². The lowest BCUT2D eigenvalue weighted by Crippen LogP contribution is -2.02. The molecule has 0 saturated carbocycles. The van der Waals surface area contributed by atoms with E-state index in [9.17, 15) is 17.2 Å². The zero-order valence-corrected chi connectivity index (χ0v) is 9.61. The van der Waals surface area contributed by atoms with Gasteiger partial charge in [0.25, 0.3) is 15.5 Å². The lowest BCUT2D eigenvalue weighted by atomic mass is 10.2. The molecule has 0 saturated heterocycles. The van der Waals surface area contributed by atoms with Crippen LogP contribution in [0.4, 0.5) is 8.78 Å². The van der Waals surface area contributed by atoms with Crippen LogP contribution in [0, 0.1) is 11.3 Å². The first kappa shape index (κ1) is 13.1. The molecule has 16 heavy (non-hydrogen) atoms. The molecular formula is C7H2Cl2F2N2O2S. The first-order valence-electron chi connectivity index (χ1n) is 3.60. The largest absolute Gasteiger partial charge is 0.280 e. The fraction of sp³-hybridized carbons (Fsp3) is 0.143. The molecule has 0 atom stereocenters.